The molecule has 0 amide bonds. The Morgan fingerprint density at radius 3 is 2.44 bits per heavy atom. The molecule has 0 heterocycles. The molecule has 0 aromatic heterocycles. The zero-order valence-electron chi connectivity index (χ0n) is 8.32. The minimum atomic E-state index is -4.36. The molecule has 0 aliphatic carbocycles. The van der Waals surface area contributed by atoms with E-state index in [9.17, 15) is 13.2 Å². The standard InChI is InChI=1S/C9H10O6S/c1-6(16(12,13)14)15-8-5-3-2-4-7(8)9(10)11/h2-6H,1H3,(H,10,11)(H,12,13,14). The van der Waals surface area contributed by atoms with Crippen LogP contribution in [0.15, 0.2) is 24.3 Å². The van der Waals surface area contributed by atoms with Crippen LogP contribution in [0.3, 0.4) is 0 Å². The van der Waals surface area contributed by atoms with E-state index in [1.807, 2.05) is 0 Å². The van der Waals surface area contributed by atoms with Gasteiger partial charge in [0.25, 0.3) is 0 Å². The third kappa shape index (κ3) is 2.94. The molecule has 1 atom stereocenters. The van der Waals surface area contributed by atoms with Crippen molar-refractivity contribution < 1.29 is 27.6 Å². The van der Waals surface area contributed by atoms with Crippen LogP contribution in [0.25, 0.3) is 0 Å². The average Bonchev–Trinajstić information content (AvgIpc) is 2.16. The van der Waals surface area contributed by atoms with Gasteiger partial charge in [0.15, 0.2) is 0 Å². The SMILES string of the molecule is CC(Oc1ccccc1C(=O)O)S(=O)(=O)O. The van der Waals surface area contributed by atoms with Gasteiger partial charge in [-0.15, -0.1) is 0 Å². The third-order valence-electron chi connectivity index (χ3n) is 1.83. The zero-order valence-corrected chi connectivity index (χ0v) is 9.14. The van der Waals surface area contributed by atoms with Gasteiger partial charge in [-0.1, -0.05) is 12.1 Å². The highest BCUT2D eigenvalue weighted by Gasteiger charge is 2.21. The van der Waals surface area contributed by atoms with Crippen molar-refractivity contribution in [2.75, 3.05) is 0 Å². The van der Waals surface area contributed by atoms with Gasteiger partial charge in [0.1, 0.15) is 11.3 Å². The van der Waals surface area contributed by atoms with Crippen LogP contribution < -0.4 is 4.74 Å². The molecule has 0 saturated heterocycles. The molecule has 88 valence electrons. The number of rotatable bonds is 4. The van der Waals surface area contributed by atoms with Crippen LogP contribution in [-0.4, -0.2) is 29.5 Å². The quantitative estimate of drug-likeness (QED) is 0.768. The predicted molar refractivity (Wildman–Crippen MR) is 55.0 cm³/mol. The summed E-state index contributed by atoms with van der Waals surface area (Å²) in [5.41, 5.74) is -1.69. The Morgan fingerprint density at radius 2 is 1.94 bits per heavy atom. The number of ether oxygens (including phenoxy) is 1. The fraction of sp³-hybridized carbons (Fsp3) is 0.222. The van der Waals surface area contributed by atoms with E-state index in [-0.39, 0.29) is 11.3 Å². The van der Waals surface area contributed by atoms with Crippen molar-refractivity contribution in [1.82, 2.24) is 0 Å². The molecule has 1 aromatic rings. The van der Waals surface area contributed by atoms with Gasteiger partial charge < -0.3 is 9.84 Å². The summed E-state index contributed by atoms with van der Waals surface area (Å²) in [6.07, 6.45) is 0. The first-order chi connectivity index (χ1) is 7.32. The maximum absolute atomic E-state index is 10.8. The van der Waals surface area contributed by atoms with Gasteiger partial charge in [0.05, 0.1) is 0 Å². The number of carboxylic acid groups (broad SMARTS) is 1. The highest BCUT2D eigenvalue weighted by Crippen LogP contribution is 2.20. The van der Waals surface area contributed by atoms with E-state index >= 15 is 0 Å². The summed E-state index contributed by atoms with van der Waals surface area (Å²) in [7, 11) is -4.36. The van der Waals surface area contributed by atoms with Gasteiger partial charge in [-0.05, 0) is 19.1 Å². The Balaban J connectivity index is 3.02. The molecular formula is C9H10O6S. The van der Waals surface area contributed by atoms with Crippen molar-refractivity contribution in [2.45, 2.75) is 12.4 Å². The lowest BCUT2D eigenvalue weighted by Crippen LogP contribution is -2.24. The Bertz CT molecular complexity index is 492. The van der Waals surface area contributed by atoms with E-state index in [2.05, 4.69) is 0 Å². The molecule has 0 bridgehead atoms. The number of hydrogen-bond acceptors (Lipinski definition) is 4. The van der Waals surface area contributed by atoms with Crippen molar-refractivity contribution in [1.29, 1.82) is 0 Å². The summed E-state index contributed by atoms with van der Waals surface area (Å²) in [6.45, 7) is 1.11. The van der Waals surface area contributed by atoms with Crippen molar-refractivity contribution in [3.8, 4) is 5.75 Å². The average molecular weight is 246 g/mol. The molecule has 0 aliphatic heterocycles. The van der Waals surface area contributed by atoms with Crippen molar-refractivity contribution >= 4 is 16.1 Å². The largest absolute Gasteiger partial charge is 0.478 e. The lowest BCUT2D eigenvalue weighted by molar-refractivity contribution is 0.0691. The van der Waals surface area contributed by atoms with Crippen LogP contribution in [0.1, 0.15) is 17.3 Å². The summed E-state index contributed by atoms with van der Waals surface area (Å²) in [4.78, 5) is 10.8. The molecule has 1 aromatic carbocycles. The second-order valence-electron chi connectivity index (χ2n) is 3.00. The third-order valence-corrected chi connectivity index (χ3v) is 2.77. The predicted octanol–water partition coefficient (Wildman–Crippen LogP) is 0.997. The number of carboxylic acids is 1. The summed E-state index contributed by atoms with van der Waals surface area (Å²) in [5.74, 6) is -1.35. The Morgan fingerprint density at radius 1 is 1.38 bits per heavy atom. The van der Waals surface area contributed by atoms with Crippen LogP contribution in [0.4, 0.5) is 0 Å². The van der Waals surface area contributed by atoms with Gasteiger partial charge in [-0.25, -0.2) is 4.79 Å². The number of aromatic carboxylic acids is 1. The van der Waals surface area contributed by atoms with Crippen molar-refractivity contribution in [3.63, 3.8) is 0 Å². The molecule has 1 unspecified atom stereocenters. The first-order valence-electron chi connectivity index (χ1n) is 4.27. The molecule has 0 aliphatic rings. The van der Waals surface area contributed by atoms with E-state index in [1.54, 1.807) is 0 Å². The lowest BCUT2D eigenvalue weighted by Gasteiger charge is -2.13. The summed E-state index contributed by atoms with van der Waals surface area (Å²) in [5, 5.41) is 8.79. The summed E-state index contributed by atoms with van der Waals surface area (Å²) in [6, 6.07) is 5.56. The number of benzene rings is 1. The number of hydrogen-bond donors (Lipinski definition) is 2. The maximum atomic E-state index is 10.8. The molecule has 0 radical (unpaired) electrons. The fourth-order valence-corrected chi connectivity index (χ4v) is 1.21. The van der Waals surface area contributed by atoms with Crippen LogP contribution in [-0.2, 0) is 10.1 Å². The van der Waals surface area contributed by atoms with E-state index in [4.69, 9.17) is 14.4 Å². The van der Waals surface area contributed by atoms with Gasteiger partial charge in [-0.2, -0.15) is 8.42 Å². The Hall–Kier alpha value is -1.60. The first kappa shape index (κ1) is 12.5. The zero-order chi connectivity index (χ0) is 12.3. The molecule has 1 rings (SSSR count). The molecule has 2 N–H and O–H groups in total. The summed E-state index contributed by atoms with van der Waals surface area (Å²) >= 11 is 0. The van der Waals surface area contributed by atoms with E-state index in [0.29, 0.717) is 0 Å². The molecule has 6 nitrogen and oxygen atoms in total. The van der Waals surface area contributed by atoms with Crippen LogP contribution in [0.2, 0.25) is 0 Å². The van der Waals surface area contributed by atoms with Gasteiger partial charge >= 0.3 is 16.1 Å². The second-order valence-corrected chi connectivity index (χ2v) is 4.70. The maximum Gasteiger partial charge on any atom is 0.339 e. The van der Waals surface area contributed by atoms with Gasteiger partial charge in [-0.3, -0.25) is 4.55 Å². The highest BCUT2D eigenvalue weighted by atomic mass is 32.2. The minimum absolute atomic E-state index is 0.111. The lowest BCUT2D eigenvalue weighted by atomic mass is 10.2. The monoisotopic (exact) mass is 246 g/mol. The van der Waals surface area contributed by atoms with E-state index < -0.39 is 21.5 Å². The van der Waals surface area contributed by atoms with Crippen LogP contribution >= 0.6 is 0 Å². The Kier molecular flexibility index (Phi) is 3.51. The van der Waals surface area contributed by atoms with Gasteiger partial charge in [0.2, 0.25) is 5.44 Å². The number of carbonyl (C=O) groups is 1. The smallest absolute Gasteiger partial charge is 0.339 e. The topological polar surface area (TPSA) is 101 Å². The first-order valence-corrected chi connectivity index (χ1v) is 5.78. The molecular weight excluding hydrogens is 236 g/mol. The van der Waals surface area contributed by atoms with Crippen molar-refractivity contribution in [3.05, 3.63) is 29.8 Å². The summed E-state index contributed by atoms with van der Waals surface area (Å²) < 4.78 is 34.9. The normalized spacial score (nSPS) is 13.1. The minimum Gasteiger partial charge on any atom is -0.478 e. The molecule has 16 heavy (non-hydrogen) atoms. The van der Waals surface area contributed by atoms with E-state index in [0.717, 1.165) is 6.92 Å². The molecule has 7 heteroatoms. The van der Waals surface area contributed by atoms with Crippen LogP contribution in [0.5, 0.6) is 5.75 Å². The second kappa shape index (κ2) is 4.50. The highest BCUT2D eigenvalue weighted by molar-refractivity contribution is 7.86. The molecule has 0 fully saturated rings. The fourth-order valence-electron chi connectivity index (χ4n) is 0.986. The molecule has 0 spiro atoms. The van der Waals surface area contributed by atoms with E-state index in [1.165, 1.54) is 24.3 Å². The van der Waals surface area contributed by atoms with Crippen LogP contribution in [0, 0.1) is 0 Å². The number of para-hydroxylation sites is 1. The van der Waals surface area contributed by atoms with Gasteiger partial charge in [0, 0.05) is 0 Å². The molecule has 0 saturated carbocycles. The Labute approximate surface area is 92.2 Å². The van der Waals surface area contributed by atoms with Crippen molar-refractivity contribution in [2.24, 2.45) is 0 Å².